The van der Waals surface area contributed by atoms with Gasteiger partial charge in [-0.3, -0.25) is 9.69 Å². The van der Waals surface area contributed by atoms with Crippen LogP contribution in [0.3, 0.4) is 0 Å². The molecule has 11 heteroatoms. The van der Waals surface area contributed by atoms with Gasteiger partial charge in [0.15, 0.2) is 11.5 Å². The molecule has 44 heavy (non-hydrogen) atoms. The molecule has 3 aromatic rings. The van der Waals surface area contributed by atoms with E-state index in [9.17, 15) is 14.3 Å². The molecule has 0 bridgehead atoms. The highest BCUT2D eigenvalue weighted by Crippen LogP contribution is 2.50. The van der Waals surface area contributed by atoms with Crippen molar-refractivity contribution in [2.75, 3.05) is 26.3 Å². The summed E-state index contributed by atoms with van der Waals surface area (Å²) >= 11 is 5.97. The van der Waals surface area contributed by atoms with Crippen LogP contribution in [0.25, 0.3) is 0 Å². The molecule has 236 valence electrons. The zero-order valence-corrected chi connectivity index (χ0v) is 26.1. The number of hydrogen-bond acceptors (Lipinski definition) is 8. The number of aliphatic hydroxyl groups excluding tert-OH is 1. The zero-order chi connectivity index (χ0) is 31.0. The molecule has 2 aromatic carbocycles. The summed E-state index contributed by atoms with van der Waals surface area (Å²) < 4.78 is 40.2. The van der Waals surface area contributed by atoms with Crippen molar-refractivity contribution in [1.82, 2.24) is 14.5 Å². The van der Waals surface area contributed by atoms with E-state index in [0.29, 0.717) is 46.6 Å². The van der Waals surface area contributed by atoms with E-state index in [0.717, 1.165) is 50.3 Å². The van der Waals surface area contributed by atoms with Gasteiger partial charge >= 0.3 is 5.97 Å². The monoisotopic (exact) mass is 627 g/mol. The third-order valence-electron chi connectivity index (χ3n) is 8.85. The molecule has 2 saturated heterocycles. The third-order valence-corrected chi connectivity index (χ3v) is 9.09. The number of aryl methyl sites for hydroxylation is 1. The molecule has 0 saturated carbocycles. The first-order valence-corrected chi connectivity index (χ1v) is 15.7. The van der Waals surface area contributed by atoms with Gasteiger partial charge in [0, 0.05) is 24.1 Å². The van der Waals surface area contributed by atoms with Crippen LogP contribution in [0.5, 0.6) is 11.5 Å². The Kier molecular flexibility index (Phi) is 8.88. The predicted octanol–water partition coefficient (Wildman–Crippen LogP) is 5.78. The lowest BCUT2D eigenvalue weighted by Crippen LogP contribution is -2.36. The van der Waals surface area contributed by atoms with Crippen molar-refractivity contribution in [2.24, 2.45) is 0 Å². The third kappa shape index (κ3) is 6.18. The predicted molar refractivity (Wildman–Crippen MR) is 161 cm³/mol. The summed E-state index contributed by atoms with van der Waals surface area (Å²) in [6, 6.07) is 10.4. The average Bonchev–Trinajstić information content (AvgIpc) is 3.46. The molecule has 0 aliphatic carbocycles. The van der Waals surface area contributed by atoms with Crippen LogP contribution in [-0.4, -0.2) is 57.9 Å². The molecule has 6 rings (SSSR count). The van der Waals surface area contributed by atoms with E-state index in [4.69, 9.17) is 35.5 Å². The van der Waals surface area contributed by atoms with Crippen LogP contribution in [0.4, 0.5) is 4.39 Å². The molecule has 4 heterocycles. The Morgan fingerprint density at radius 2 is 2.00 bits per heavy atom. The van der Waals surface area contributed by atoms with E-state index in [1.54, 1.807) is 26.0 Å². The maximum Gasteiger partial charge on any atom is 0.308 e. The summed E-state index contributed by atoms with van der Waals surface area (Å²) in [6.07, 6.45) is 1.69. The molecule has 2 fully saturated rings. The number of likely N-dealkylation sites (tertiary alicyclic amines) is 1. The lowest BCUT2D eigenvalue weighted by molar-refractivity contribution is -0.145. The van der Waals surface area contributed by atoms with E-state index in [-0.39, 0.29) is 25.0 Å². The number of benzene rings is 2. The smallest absolute Gasteiger partial charge is 0.308 e. The summed E-state index contributed by atoms with van der Waals surface area (Å²) in [5.41, 5.74) is 2.71. The van der Waals surface area contributed by atoms with Gasteiger partial charge in [-0.1, -0.05) is 23.7 Å². The van der Waals surface area contributed by atoms with Crippen LogP contribution in [0.2, 0.25) is 5.02 Å². The van der Waals surface area contributed by atoms with E-state index in [1.165, 1.54) is 6.07 Å². The highest BCUT2D eigenvalue weighted by atomic mass is 35.5. The first-order valence-electron chi connectivity index (χ1n) is 15.3. The van der Waals surface area contributed by atoms with Crippen LogP contribution < -0.4 is 9.47 Å². The first-order chi connectivity index (χ1) is 21.1. The minimum absolute atomic E-state index is 0.0658. The molecular weight excluding hydrogens is 589 g/mol. The summed E-state index contributed by atoms with van der Waals surface area (Å²) in [4.78, 5) is 19.3. The van der Waals surface area contributed by atoms with Gasteiger partial charge in [-0.25, -0.2) is 9.37 Å². The number of carbonyl (C=O) groups excluding carboxylic acids is 1. The highest BCUT2D eigenvalue weighted by molar-refractivity contribution is 6.30. The average molecular weight is 628 g/mol. The number of imidazole rings is 1. The summed E-state index contributed by atoms with van der Waals surface area (Å²) in [7, 11) is 0. The van der Waals surface area contributed by atoms with E-state index in [1.807, 2.05) is 23.6 Å². The van der Waals surface area contributed by atoms with E-state index >= 15 is 0 Å². The van der Waals surface area contributed by atoms with Gasteiger partial charge in [0.1, 0.15) is 17.7 Å². The molecule has 1 unspecified atom stereocenters. The Balaban J connectivity index is 1.15. The number of esters is 1. The maximum atomic E-state index is 14.8. The second-order valence-electron chi connectivity index (χ2n) is 11.9. The normalized spacial score (nSPS) is 22.5. The number of hydrogen-bond donors (Lipinski definition) is 1. The fourth-order valence-electron chi connectivity index (χ4n) is 6.54. The van der Waals surface area contributed by atoms with E-state index < -0.39 is 23.7 Å². The Hall–Kier alpha value is -3.18. The zero-order valence-electron chi connectivity index (χ0n) is 25.4. The fourth-order valence-corrected chi connectivity index (χ4v) is 6.70. The van der Waals surface area contributed by atoms with Gasteiger partial charge in [-0.15, -0.1) is 0 Å². The van der Waals surface area contributed by atoms with Crippen molar-refractivity contribution in [2.45, 2.75) is 83.5 Å². The molecule has 3 atom stereocenters. The minimum Gasteiger partial charge on any atom is -0.466 e. The topological polar surface area (TPSA) is 95.3 Å². The van der Waals surface area contributed by atoms with Crippen molar-refractivity contribution in [3.63, 3.8) is 0 Å². The Labute approximate surface area is 261 Å². The van der Waals surface area contributed by atoms with Gasteiger partial charge < -0.3 is 28.6 Å². The van der Waals surface area contributed by atoms with Gasteiger partial charge in [0.2, 0.25) is 0 Å². The van der Waals surface area contributed by atoms with Crippen LogP contribution in [0.1, 0.15) is 79.9 Å². The van der Waals surface area contributed by atoms with Crippen molar-refractivity contribution in [3.8, 4) is 11.5 Å². The molecule has 0 radical (unpaired) electrons. The van der Waals surface area contributed by atoms with Crippen molar-refractivity contribution < 1.29 is 33.2 Å². The number of fused-ring (bicyclic) bond motifs is 1. The quantitative estimate of drug-likeness (QED) is 0.283. The number of aromatic nitrogens is 2. The number of ether oxygens (including phenoxy) is 4. The van der Waals surface area contributed by atoms with E-state index in [2.05, 4.69) is 11.0 Å². The largest absolute Gasteiger partial charge is 0.466 e. The molecule has 1 aromatic heterocycles. The fraction of sp³-hybridized carbons (Fsp3) is 0.515. The van der Waals surface area contributed by atoms with Gasteiger partial charge in [-0.2, -0.15) is 0 Å². The number of nitrogens with zero attached hydrogens (tertiary/aromatic N) is 3. The molecule has 1 N–H and O–H groups in total. The number of aliphatic hydroxyl groups is 1. The van der Waals surface area contributed by atoms with Gasteiger partial charge in [-0.05, 0) is 76.4 Å². The van der Waals surface area contributed by atoms with Crippen LogP contribution in [0.15, 0.2) is 36.4 Å². The maximum absolute atomic E-state index is 14.8. The van der Waals surface area contributed by atoms with Crippen LogP contribution >= 0.6 is 11.6 Å². The van der Waals surface area contributed by atoms with Crippen LogP contribution in [-0.2, 0) is 33.1 Å². The van der Waals surface area contributed by atoms with Gasteiger partial charge in [0.05, 0.1) is 49.2 Å². The SMILES string of the molecule is CCOC(=O)CC(O)c1c(C)nc(CN2CCC(c3cccc4c3O[C@@](C)(c3ccc(Cl)cc3F)O4)CC2)n1C[C@@H]1CCO1. The van der Waals surface area contributed by atoms with Crippen molar-refractivity contribution in [1.29, 1.82) is 0 Å². The summed E-state index contributed by atoms with van der Waals surface area (Å²) in [5, 5.41) is 11.3. The molecular formula is C33H39ClFN3O6. The number of halogens is 2. The lowest BCUT2D eigenvalue weighted by atomic mass is 9.88. The number of rotatable bonds is 10. The van der Waals surface area contributed by atoms with Gasteiger partial charge in [0.25, 0.3) is 5.79 Å². The number of piperidine rings is 1. The molecule has 3 aliphatic rings. The molecule has 0 amide bonds. The Morgan fingerprint density at radius 3 is 2.68 bits per heavy atom. The van der Waals surface area contributed by atoms with Crippen LogP contribution in [0, 0.1) is 12.7 Å². The summed E-state index contributed by atoms with van der Waals surface area (Å²) in [5.74, 6) is 0.165. The Bertz CT molecular complexity index is 1520. The second-order valence-corrected chi connectivity index (χ2v) is 12.4. The standard InChI is InChI=1S/C33H39ClFN3O6/c1-4-41-30(40)17-27(39)31-20(2)36-29(38(31)18-23-12-15-42-23)19-37-13-10-21(11-14-37)24-6-5-7-28-32(24)44-33(3,43-28)25-9-8-22(34)16-26(25)35/h5-9,16,21,23,27,39H,4,10-15,17-19H2,1-3H3/t23-,27?,33-/m0/s1. The summed E-state index contributed by atoms with van der Waals surface area (Å²) in [6.45, 7) is 9.23. The minimum atomic E-state index is -1.29. The Morgan fingerprint density at radius 1 is 1.23 bits per heavy atom. The van der Waals surface area contributed by atoms with Crippen molar-refractivity contribution >= 4 is 17.6 Å². The number of para-hydroxylation sites is 1. The number of carbonyl (C=O) groups is 1. The molecule has 3 aliphatic heterocycles. The molecule has 9 nitrogen and oxygen atoms in total. The second kappa shape index (κ2) is 12.7. The molecule has 0 spiro atoms. The lowest BCUT2D eigenvalue weighted by Gasteiger charge is -2.33. The van der Waals surface area contributed by atoms with Crippen molar-refractivity contribution in [3.05, 3.63) is 75.6 Å². The highest BCUT2D eigenvalue weighted by Gasteiger charge is 2.43. The first kappa shape index (κ1) is 30.8.